The lowest BCUT2D eigenvalue weighted by Crippen LogP contribution is -1.74. The Balaban J connectivity index is 2.76. The Bertz CT molecular complexity index is 125. The predicted molar refractivity (Wildman–Crippen MR) is 21.2 cm³/mol. The third kappa shape index (κ3) is 0.734. The molecule has 0 saturated heterocycles. The first-order chi connectivity index (χ1) is 3.43. The summed E-state index contributed by atoms with van der Waals surface area (Å²) in [4.78, 5) is 0. The fraction of sp³-hybridized carbons (Fsp3) is 0.333. The minimum Gasteiger partial charge on any atom is -0.244 e. The smallest absolute Gasteiger partial charge is 0.135 e. The van der Waals surface area contributed by atoms with E-state index in [0.29, 0.717) is 5.69 Å². The Morgan fingerprint density at radius 2 is 2.71 bits per heavy atom. The summed E-state index contributed by atoms with van der Waals surface area (Å²) in [6.45, 7) is -0.545. The van der Waals surface area contributed by atoms with Gasteiger partial charge in [-0.15, -0.1) is 0 Å². The van der Waals surface area contributed by atoms with E-state index in [1.54, 1.807) is 0 Å². The van der Waals surface area contributed by atoms with Crippen molar-refractivity contribution in [3.8, 4) is 0 Å². The van der Waals surface area contributed by atoms with Gasteiger partial charge in [-0.3, -0.25) is 0 Å². The number of aromatic amines is 1. The molecule has 0 atom stereocenters. The summed E-state index contributed by atoms with van der Waals surface area (Å²) in [5.41, 5.74) is 0.347. The number of H-pyrrole nitrogens is 1. The molecule has 1 heterocycles. The van der Waals surface area contributed by atoms with Gasteiger partial charge in [-0.2, -0.15) is 15.4 Å². The van der Waals surface area contributed by atoms with Gasteiger partial charge in [0, 0.05) is 0 Å². The first-order valence-corrected chi connectivity index (χ1v) is 1.84. The van der Waals surface area contributed by atoms with Crippen molar-refractivity contribution in [3.05, 3.63) is 11.9 Å². The minimum atomic E-state index is -0.545. The van der Waals surface area contributed by atoms with Gasteiger partial charge in [-0.1, -0.05) is 0 Å². The van der Waals surface area contributed by atoms with Crippen molar-refractivity contribution < 1.29 is 4.39 Å². The minimum absolute atomic E-state index is 0.347. The van der Waals surface area contributed by atoms with E-state index in [0.717, 1.165) is 0 Å². The summed E-state index contributed by atoms with van der Waals surface area (Å²) >= 11 is 0. The molecule has 0 spiro atoms. The molecule has 0 bridgehead atoms. The Hall–Kier alpha value is -0.930. The molecule has 0 radical (unpaired) electrons. The van der Waals surface area contributed by atoms with Crippen LogP contribution >= 0.6 is 0 Å². The standard InChI is InChI=1S/C3H4FN3/c4-1-3-2-5-7-6-3/h2H,1H2,(H,5,6,7). The summed E-state index contributed by atoms with van der Waals surface area (Å²) in [7, 11) is 0. The van der Waals surface area contributed by atoms with Gasteiger partial charge in [0.15, 0.2) is 0 Å². The molecule has 3 nitrogen and oxygen atoms in total. The zero-order valence-electron chi connectivity index (χ0n) is 3.56. The van der Waals surface area contributed by atoms with Gasteiger partial charge in [0.1, 0.15) is 12.4 Å². The highest BCUT2D eigenvalue weighted by molar-refractivity contribution is 4.85. The zero-order chi connectivity index (χ0) is 5.11. The lowest BCUT2D eigenvalue weighted by atomic mass is 10.5. The van der Waals surface area contributed by atoms with E-state index >= 15 is 0 Å². The second-order valence-electron chi connectivity index (χ2n) is 1.09. The van der Waals surface area contributed by atoms with E-state index in [1.807, 2.05) is 0 Å². The SMILES string of the molecule is FCc1cn[nH]n1. The summed E-state index contributed by atoms with van der Waals surface area (Å²) in [6.07, 6.45) is 1.35. The first kappa shape index (κ1) is 4.23. The van der Waals surface area contributed by atoms with Crippen LogP contribution in [-0.2, 0) is 6.67 Å². The van der Waals surface area contributed by atoms with Crippen molar-refractivity contribution in [1.29, 1.82) is 0 Å². The van der Waals surface area contributed by atoms with Crippen LogP contribution in [0.3, 0.4) is 0 Å². The molecule has 0 saturated carbocycles. The molecule has 1 aromatic heterocycles. The molecule has 0 aliphatic heterocycles. The molecule has 0 aromatic carbocycles. The number of nitrogens with zero attached hydrogens (tertiary/aromatic N) is 2. The molecule has 0 unspecified atom stereocenters. The summed E-state index contributed by atoms with van der Waals surface area (Å²) in [6, 6.07) is 0. The average molecular weight is 101 g/mol. The van der Waals surface area contributed by atoms with Crippen LogP contribution in [0.5, 0.6) is 0 Å². The first-order valence-electron chi connectivity index (χ1n) is 1.84. The average Bonchev–Trinajstić information content (AvgIpc) is 2.14. The van der Waals surface area contributed by atoms with Gasteiger partial charge in [-0.05, 0) is 0 Å². The molecule has 0 aliphatic carbocycles. The fourth-order valence-corrected chi connectivity index (χ4v) is 0.290. The quantitative estimate of drug-likeness (QED) is 0.551. The molecule has 38 valence electrons. The van der Waals surface area contributed by atoms with Gasteiger partial charge in [0.05, 0.1) is 6.20 Å². The van der Waals surface area contributed by atoms with Crippen LogP contribution in [0.25, 0.3) is 0 Å². The van der Waals surface area contributed by atoms with Crippen LogP contribution in [0, 0.1) is 0 Å². The van der Waals surface area contributed by atoms with Gasteiger partial charge in [-0.25, -0.2) is 4.39 Å². The van der Waals surface area contributed by atoms with E-state index in [1.165, 1.54) is 6.20 Å². The summed E-state index contributed by atoms with van der Waals surface area (Å²) in [5.74, 6) is 0. The normalized spacial score (nSPS) is 9.29. The van der Waals surface area contributed by atoms with Gasteiger partial charge < -0.3 is 0 Å². The third-order valence-corrected chi connectivity index (χ3v) is 0.602. The molecule has 0 fully saturated rings. The molecular weight excluding hydrogens is 97.1 g/mol. The largest absolute Gasteiger partial charge is 0.244 e. The Morgan fingerprint density at radius 3 is 3.00 bits per heavy atom. The fourth-order valence-electron chi connectivity index (χ4n) is 0.290. The van der Waals surface area contributed by atoms with Gasteiger partial charge in [0.25, 0.3) is 0 Å². The van der Waals surface area contributed by atoms with E-state index < -0.39 is 6.67 Å². The Labute approximate surface area is 39.5 Å². The van der Waals surface area contributed by atoms with E-state index in [2.05, 4.69) is 15.4 Å². The third-order valence-electron chi connectivity index (χ3n) is 0.602. The lowest BCUT2D eigenvalue weighted by molar-refractivity contribution is 0.475. The van der Waals surface area contributed by atoms with Crippen LogP contribution in [0.15, 0.2) is 6.20 Å². The molecule has 7 heavy (non-hydrogen) atoms. The Morgan fingerprint density at radius 1 is 1.86 bits per heavy atom. The Kier molecular flexibility index (Phi) is 1.02. The summed E-state index contributed by atoms with van der Waals surface area (Å²) in [5, 5.41) is 9.08. The van der Waals surface area contributed by atoms with Crippen LogP contribution < -0.4 is 0 Å². The number of hydrogen-bond acceptors (Lipinski definition) is 2. The molecule has 1 rings (SSSR count). The van der Waals surface area contributed by atoms with E-state index in [4.69, 9.17) is 0 Å². The van der Waals surface area contributed by atoms with Crippen molar-refractivity contribution in [1.82, 2.24) is 15.4 Å². The van der Waals surface area contributed by atoms with E-state index in [-0.39, 0.29) is 0 Å². The molecule has 0 amide bonds. The molecule has 1 aromatic rings. The molecular formula is C3H4FN3. The number of aromatic nitrogens is 3. The van der Waals surface area contributed by atoms with Crippen molar-refractivity contribution >= 4 is 0 Å². The monoisotopic (exact) mass is 101 g/mol. The van der Waals surface area contributed by atoms with Crippen LogP contribution in [0.1, 0.15) is 5.69 Å². The predicted octanol–water partition coefficient (Wildman–Crippen LogP) is 0.274. The highest BCUT2D eigenvalue weighted by atomic mass is 19.1. The number of nitrogens with one attached hydrogen (secondary N) is 1. The van der Waals surface area contributed by atoms with Gasteiger partial charge >= 0.3 is 0 Å². The number of rotatable bonds is 1. The highest BCUT2D eigenvalue weighted by Gasteiger charge is 1.88. The number of halogens is 1. The van der Waals surface area contributed by atoms with Crippen LogP contribution in [-0.4, -0.2) is 15.4 Å². The molecule has 4 heteroatoms. The second kappa shape index (κ2) is 1.68. The van der Waals surface area contributed by atoms with Crippen molar-refractivity contribution in [2.75, 3.05) is 0 Å². The van der Waals surface area contributed by atoms with Gasteiger partial charge in [0.2, 0.25) is 0 Å². The maximum atomic E-state index is 11.4. The summed E-state index contributed by atoms with van der Waals surface area (Å²) < 4.78 is 11.4. The van der Waals surface area contributed by atoms with Crippen LogP contribution in [0.2, 0.25) is 0 Å². The van der Waals surface area contributed by atoms with Crippen molar-refractivity contribution in [2.24, 2.45) is 0 Å². The molecule has 1 N–H and O–H groups in total. The number of hydrogen-bond donors (Lipinski definition) is 1. The maximum Gasteiger partial charge on any atom is 0.135 e. The lowest BCUT2D eigenvalue weighted by Gasteiger charge is -1.71. The van der Waals surface area contributed by atoms with Crippen molar-refractivity contribution in [3.63, 3.8) is 0 Å². The molecule has 0 aliphatic rings. The van der Waals surface area contributed by atoms with E-state index in [9.17, 15) is 4.39 Å². The van der Waals surface area contributed by atoms with Crippen molar-refractivity contribution in [2.45, 2.75) is 6.67 Å². The second-order valence-corrected chi connectivity index (χ2v) is 1.09. The number of alkyl halides is 1. The van der Waals surface area contributed by atoms with Crippen LogP contribution in [0.4, 0.5) is 4.39 Å². The highest BCUT2D eigenvalue weighted by Crippen LogP contribution is 1.88. The topological polar surface area (TPSA) is 41.6 Å². The maximum absolute atomic E-state index is 11.4. The zero-order valence-corrected chi connectivity index (χ0v) is 3.56.